The van der Waals surface area contributed by atoms with Gasteiger partial charge < -0.3 is 10.1 Å². The largest absolute Gasteiger partial charge is 0.439 e. The van der Waals surface area contributed by atoms with E-state index in [9.17, 15) is 8.42 Å². The molecule has 0 aliphatic carbocycles. The summed E-state index contributed by atoms with van der Waals surface area (Å²) >= 11 is 0. The van der Waals surface area contributed by atoms with Crippen LogP contribution in [0.25, 0.3) is 0 Å². The Morgan fingerprint density at radius 2 is 2.05 bits per heavy atom. The van der Waals surface area contributed by atoms with E-state index in [4.69, 9.17) is 4.74 Å². The summed E-state index contributed by atoms with van der Waals surface area (Å²) in [6.07, 6.45) is 2.90. The smallest absolute Gasteiger partial charge is 0.219 e. The Balaban J connectivity index is 2.11. The van der Waals surface area contributed by atoms with Crippen LogP contribution >= 0.6 is 0 Å². The molecule has 0 radical (unpaired) electrons. The summed E-state index contributed by atoms with van der Waals surface area (Å²) in [6, 6.07) is 10.1. The van der Waals surface area contributed by atoms with E-state index < -0.39 is 9.84 Å². The van der Waals surface area contributed by atoms with Gasteiger partial charge in [0.1, 0.15) is 5.75 Å². The van der Waals surface area contributed by atoms with Gasteiger partial charge in [0.15, 0.2) is 9.84 Å². The molecule has 6 heteroatoms. The summed E-state index contributed by atoms with van der Waals surface area (Å²) in [4.78, 5) is 4.43. The zero-order chi connectivity index (χ0) is 15.3. The third-order valence-corrected chi connectivity index (χ3v) is 3.94. The normalized spacial score (nSPS) is 11.3. The van der Waals surface area contributed by atoms with E-state index in [1.54, 1.807) is 24.4 Å². The Labute approximate surface area is 124 Å². The molecule has 1 heterocycles. The second kappa shape index (κ2) is 6.69. The lowest BCUT2D eigenvalue weighted by Gasteiger charge is -2.07. The molecule has 0 spiro atoms. The van der Waals surface area contributed by atoms with Gasteiger partial charge >= 0.3 is 0 Å². The molecule has 1 aromatic carbocycles. The van der Waals surface area contributed by atoms with Gasteiger partial charge in [-0.15, -0.1) is 0 Å². The van der Waals surface area contributed by atoms with Crippen molar-refractivity contribution in [3.05, 3.63) is 48.2 Å². The molecule has 0 aliphatic rings. The van der Waals surface area contributed by atoms with Crippen LogP contribution in [0.3, 0.4) is 0 Å². The van der Waals surface area contributed by atoms with Crippen molar-refractivity contribution in [3.8, 4) is 11.6 Å². The first-order chi connectivity index (χ1) is 9.99. The zero-order valence-corrected chi connectivity index (χ0v) is 12.9. The third kappa shape index (κ3) is 4.54. The first-order valence-corrected chi connectivity index (χ1v) is 8.52. The fourth-order valence-corrected chi connectivity index (χ4v) is 2.39. The maximum Gasteiger partial charge on any atom is 0.219 e. The van der Waals surface area contributed by atoms with Crippen molar-refractivity contribution < 1.29 is 13.2 Å². The first kappa shape index (κ1) is 15.5. The van der Waals surface area contributed by atoms with Gasteiger partial charge in [0.05, 0.1) is 4.90 Å². The van der Waals surface area contributed by atoms with Crippen molar-refractivity contribution in [1.29, 1.82) is 0 Å². The van der Waals surface area contributed by atoms with Gasteiger partial charge in [0, 0.05) is 25.1 Å². The van der Waals surface area contributed by atoms with Crippen molar-refractivity contribution in [2.45, 2.75) is 18.4 Å². The highest BCUT2D eigenvalue weighted by Crippen LogP contribution is 2.22. The minimum absolute atomic E-state index is 0.226. The van der Waals surface area contributed by atoms with E-state index in [2.05, 4.69) is 10.3 Å². The van der Waals surface area contributed by atoms with E-state index in [1.807, 2.05) is 13.0 Å². The van der Waals surface area contributed by atoms with Crippen molar-refractivity contribution >= 4 is 9.84 Å². The Morgan fingerprint density at radius 3 is 2.67 bits per heavy atom. The van der Waals surface area contributed by atoms with E-state index in [0.29, 0.717) is 11.6 Å². The predicted octanol–water partition coefficient (Wildman–Crippen LogP) is 2.39. The first-order valence-electron chi connectivity index (χ1n) is 6.62. The molecule has 2 rings (SSSR count). The predicted molar refractivity (Wildman–Crippen MR) is 81.2 cm³/mol. The van der Waals surface area contributed by atoms with E-state index >= 15 is 0 Å². The number of nitrogens with one attached hydrogen (secondary N) is 1. The molecule has 21 heavy (non-hydrogen) atoms. The molecule has 1 aromatic heterocycles. The van der Waals surface area contributed by atoms with Crippen LogP contribution in [0.15, 0.2) is 47.5 Å². The number of aromatic nitrogens is 1. The average Bonchev–Trinajstić information content (AvgIpc) is 2.46. The van der Waals surface area contributed by atoms with Crippen LogP contribution in [0.5, 0.6) is 11.6 Å². The maximum absolute atomic E-state index is 11.5. The highest BCUT2D eigenvalue weighted by molar-refractivity contribution is 7.90. The van der Waals surface area contributed by atoms with Crippen molar-refractivity contribution in [1.82, 2.24) is 10.3 Å². The highest BCUT2D eigenvalue weighted by atomic mass is 32.2. The number of sulfone groups is 1. The molecule has 0 atom stereocenters. The summed E-state index contributed by atoms with van der Waals surface area (Å²) in [5.41, 5.74) is 1.06. The standard InChI is InChI=1S/C15H18N2O3S/c1-3-16-10-12-7-8-15(17-11-12)20-13-5-4-6-14(9-13)21(2,18)19/h4-9,11,16H,3,10H2,1-2H3. The molecule has 112 valence electrons. The van der Waals surface area contributed by atoms with Gasteiger partial charge in [0.25, 0.3) is 0 Å². The van der Waals surface area contributed by atoms with Crippen LogP contribution < -0.4 is 10.1 Å². The van der Waals surface area contributed by atoms with Crippen molar-refractivity contribution in [2.75, 3.05) is 12.8 Å². The highest BCUT2D eigenvalue weighted by Gasteiger charge is 2.08. The molecular formula is C15H18N2O3S. The quantitative estimate of drug-likeness (QED) is 0.887. The summed E-state index contributed by atoms with van der Waals surface area (Å²) < 4.78 is 28.6. The molecule has 5 nitrogen and oxygen atoms in total. The van der Waals surface area contributed by atoms with Crippen molar-refractivity contribution in [3.63, 3.8) is 0 Å². The van der Waals surface area contributed by atoms with E-state index in [-0.39, 0.29) is 4.90 Å². The average molecular weight is 306 g/mol. The van der Waals surface area contributed by atoms with Crippen LogP contribution in [0, 0.1) is 0 Å². The fraction of sp³-hybridized carbons (Fsp3) is 0.267. The maximum atomic E-state index is 11.5. The number of benzene rings is 1. The lowest BCUT2D eigenvalue weighted by Crippen LogP contribution is -2.11. The topological polar surface area (TPSA) is 68.3 Å². The number of ether oxygens (including phenoxy) is 1. The minimum Gasteiger partial charge on any atom is -0.439 e. The number of hydrogen-bond acceptors (Lipinski definition) is 5. The minimum atomic E-state index is -3.24. The van der Waals surface area contributed by atoms with Gasteiger partial charge in [-0.1, -0.05) is 19.1 Å². The van der Waals surface area contributed by atoms with Gasteiger partial charge in [-0.05, 0) is 30.3 Å². The second-order valence-electron chi connectivity index (χ2n) is 4.63. The molecule has 2 aromatic rings. The summed E-state index contributed by atoms with van der Waals surface area (Å²) in [6.45, 7) is 3.70. The second-order valence-corrected chi connectivity index (χ2v) is 6.65. The molecule has 0 unspecified atom stereocenters. The molecule has 0 amide bonds. The SMILES string of the molecule is CCNCc1ccc(Oc2cccc(S(C)(=O)=O)c2)nc1. The lowest BCUT2D eigenvalue weighted by atomic mass is 10.3. The van der Waals surface area contributed by atoms with Crippen LogP contribution in [-0.4, -0.2) is 26.2 Å². The third-order valence-electron chi connectivity index (χ3n) is 2.83. The van der Waals surface area contributed by atoms with Gasteiger partial charge in [-0.3, -0.25) is 0 Å². The summed E-state index contributed by atoms with van der Waals surface area (Å²) in [5, 5.41) is 3.21. The molecule has 0 saturated carbocycles. The Hall–Kier alpha value is -1.92. The molecule has 0 fully saturated rings. The van der Waals surface area contributed by atoms with Crippen LogP contribution in [-0.2, 0) is 16.4 Å². The van der Waals surface area contributed by atoms with E-state index in [0.717, 1.165) is 18.7 Å². The van der Waals surface area contributed by atoms with Gasteiger partial charge in [0.2, 0.25) is 5.88 Å². The molecule has 0 aliphatic heterocycles. The monoisotopic (exact) mass is 306 g/mol. The lowest BCUT2D eigenvalue weighted by molar-refractivity contribution is 0.460. The molecule has 1 N–H and O–H groups in total. The summed E-state index contributed by atoms with van der Waals surface area (Å²) in [5.74, 6) is 0.880. The van der Waals surface area contributed by atoms with Crippen LogP contribution in [0.2, 0.25) is 0 Å². The Morgan fingerprint density at radius 1 is 1.24 bits per heavy atom. The zero-order valence-electron chi connectivity index (χ0n) is 12.0. The number of nitrogens with zero attached hydrogens (tertiary/aromatic N) is 1. The van der Waals surface area contributed by atoms with Crippen LogP contribution in [0.1, 0.15) is 12.5 Å². The Bertz CT molecular complexity index is 697. The Kier molecular flexibility index (Phi) is 4.93. The fourth-order valence-electron chi connectivity index (χ4n) is 1.73. The number of rotatable bonds is 6. The van der Waals surface area contributed by atoms with Gasteiger partial charge in [-0.2, -0.15) is 0 Å². The van der Waals surface area contributed by atoms with Crippen LogP contribution in [0.4, 0.5) is 0 Å². The number of pyridine rings is 1. The summed E-state index contributed by atoms with van der Waals surface area (Å²) in [7, 11) is -3.24. The van der Waals surface area contributed by atoms with Crippen molar-refractivity contribution in [2.24, 2.45) is 0 Å². The molecule has 0 saturated heterocycles. The molecular weight excluding hydrogens is 288 g/mol. The number of hydrogen-bond donors (Lipinski definition) is 1. The van der Waals surface area contributed by atoms with Gasteiger partial charge in [-0.25, -0.2) is 13.4 Å². The van der Waals surface area contributed by atoms with E-state index in [1.165, 1.54) is 18.4 Å². The molecule has 0 bridgehead atoms.